The van der Waals surface area contributed by atoms with Crippen LogP contribution in [0.1, 0.15) is 18.1 Å². The molecule has 6 nitrogen and oxygen atoms in total. The minimum Gasteiger partial charge on any atom is -0.497 e. The predicted molar refractivity (Wildman–Crippen MR) is 102 cm³/mol. The van der Waals surface area contributed by atoms with E-state index in [1.54, 1.807) is 50.2 Å². The van der Waals surface area contributed by atoms with E-state index in [4.69, 9.17) is 4.74 Å². The lowest BCUT2D eigenvalue weighted by Crippen LogP contribution is -2.38. The molecule has 0 aliphatic carbocycles. The van der Waals surface area contributed by atoms with Gasteiger partial charge in [-0.3, -0.25) is 4.79 Å². The van der Waals surface area contributed by atoms with E-state index in [0.29, 0.717) is 17.0 Å². The summed E-state index contributed by atoms with van der Waals surface area (Å²) in [5.41, 5.74) is 2.20. The maximum absolute atomic E-state index is 12.9. The Hall–Kier alpha value is -2.38. The number of rotatable bonds is 7. The van der Waals surface area contributed by atoms with Crippen LogP contribution >= 0.6 is 0 Å². The zero-order chi connectivity index (χ0) is 19.3. The molecule has 2 aromatic carbocycles. The highest BCUT2D eigenvalue weighted by Gasteiger charge is 2.26. The van der Waals surface area contributed by atoms with Crippen LogP contribution in [0.25, 0.3) is 0 Å². The average Bonchev–Trinajstić information content (AvgIpc) is 2.59. The highest BCUT2D eigenvalue weighted by atomic mass is 32.2. The van der Waals surface area contributed by atoms with Crippen molar-refractivity contribution in [1.29, 1.82) is 0 Å². The lowest BCUT2D eigenvalue weighted by atomic mass is 10.2. The van der Waals surface area contributed by atoms with Crippen molar-refractivity contribution in [3.8, 4) is 5.75 Å². The normalized spacial score (nSPS) is 11.4. The number of hydrogen-bond acceptors (Lipinski definition) is 4. The van der Waals surface area contributed by atoms with Crippen molar-refractivity contribution in [2.75, 3.05) is 25.5 Å². The smallest absolute Gasteiger partial charge is 0.243 e. The fraction of sp³-hybridized carbons (Fsp3) is 0.316. The summed E-state index contributed by atoms with van der Waals surface area (Å²) in [7, 11) is -2.21. The first-order valence-corrected chi connectivity index (χ1v) is 9.73. The first-order chi connectivity index (χ1) is 12.3. The number of carbonyl (C=O) groups excluding carboxylic acids is 1. The van der Waals surface area contributed by atoms with Gasteiger partial charge in [-0.2, -0.15) is 4.31 Å². The van der Waals surface area contributed by atoms with Crippen molar-refractivity contribution in [3.63, 3.8) is 0 Å². The van der Waals surface area contributed by atoms with Crippen LogP contribution in [0.3, 0.4) is 0 Å². The fourth-order valence-electron chi connectivity index (χ4n) is 2.66. The molecule has 0 atom stereocenters. The minimum atomic E-state index is -3.75. The van der Waals surface area contributed by atoms with Crippen LogP contribution < -0.4 is 10.1 Å². The molecule has 2 aromatic rings. The molecule has 0 radical (unpaired) electrons. The Kier molecular flexibility index (Phi) is 6.39. The summed E-state index contributed by atoms with van der Waals surface area (Å²) in [5.74, 6) is 0.200. The minimum absolute atomic E-state index is 0.196. The van der Waals surface area contributed by atoms with E-state index >= 15 is 0 Å². The van der Waals surface area contributed by atoms with Crippen molar-refractivity contribution in [2.45, 2.75) is 25.7 Å². The predicted octanol–water partition coefficient (Wildman–Crippen LogP) is 2.96. The van der Waals surface area contributed by atoms with Gasteiger partial charge in [0, 0.05) is 18.3 Å². The van der Waals surface area contributed by atoms with Gasteiger partial charge in [-0.05, 0) is 37.6 Å². The van der Waals surface area contributed by atoms with Gasteiger partial charge in [0.25, 0.3) is 0 Å². The summed E-state index contributed by atoms with van der Waals surface area (Å²) in [4.78, 5) is 12.6. The van der Waals surface area contributed by atoms with Crippen LogP contribution in [-0.4, -0.2) is 38.8 Å². The van der Waals surface area contributed by atoms with Crippen LogP contribution in [-0.2, 0) is 14.8 Å². The number of nitrogens with one attached hydrogen (secondary N) is 1. The number of likely N-dealkylation sites (N-methyl/N-ethyl adjacent to an activating group) is 1. The summed E-state index contributed by atoms with van der Waals surface area (Å²) in [6.45, 7) is 5.30. The molecule has 0 heterocycles. The number of sulfonamides is 1. The number of methoxy groups -OCH3 is 1. The van der Waals surface area contributed by atoms with Gasteiger partial charge in [0.15, 0.2) is 0 Å². The van der Waals surface area contributed by atoms with Gasteiger partial charge in [0.05, 0.1) is 18.6 Å². The van der Waals surface area contributed by atoms with Crippen LogP contribution in [0, 0.1) is 13.8 Å². The largest absolute Gasteiger partial charge is 0.497 e. The maximum Gasteiger partial charge on any atom is 0.243 e. The number of aryl methyl sites for hydroxylation is 2. The molecular weight excluding hydrogens is 352 g/mol. The van der Waals surface area contributed by atoms with Crippen molar-refractivity contribution in [1.82, 2.24) is 4.31 Å². The number of anilines is 1. The van der Waals surface area contributed by atoms with Gasteiger partial charge < -0.3 is 10.1 Å². The first-order valence-electron chi connectivity index (χ1n) is 8.29. The maximum atomic E-state index is 12.9. The molecular formula is C19H24N2O4S. The Balaban J connectivity index is 2.18. The van der Waals surface area contributed by atoms with E-state index < -0.39 is 15.9 Å². The lowest BCUT2D eigenvalue weighted by Gasteiger charge is -2.21. The third-order valence-corrected chi connectivity index (χ3v) is 6.06. The SMILES string of the molecule is CCN(CC(=O)Nc1cccc(OC)c1)S(=O)(=O)c1ccc(C)cc1C. The van der Waals surface area contributed by atoms with E-state index in [1.165, 1.54) is 11.4 Å². The van der Waals surface area contributed by atoms with Crippen LogP contribution in [0.15, 0.2) is 47.4 Å². The van der Waals surface area contributed by atoms with Crippen molar-refractivity contribution >= 4 is 21.6 Å². The van der Waals surface area contributed by atoms with Crippen LogP contribution in [0.2, 0.25) is 0 Å². The quantitative estimate of drug-likeness (QED) is 0.806. The molecule has 1 N–H and O–H groups in total. The van der Waals surface area contributed by atoms with E-state index in [0.717, 1.165) is 5.56 Å². The fourth-order valence-corrected chi connectivity index (χ4v) is 4.27. The topological polar surface area (TPSA) is 75.7 Å². The molecule has 0 aliphatic heterocycles. The Morgan fingerprint density at radius 3 is 2.50 bits per heavy atom. The molecule has 7 heteroatoms. The molecule has 0 aliphatic rings. The number of ether oxygens (including phenoxy) is 1. The Bertz CT molecular complexity index is 894. The summed E-state index contributed by atoms with van der Waals surface area (Å²) >= 11 is 0. The number of carbonyl (C=O) groups is 1. The molecule has 0 fully saturated rings. The molecule has 0 saturated carbocycles. The molecule has 1 amide bonds. The number of hydrogen-bond donors (Lipinski definition) is 1. The highest BCUT2D eigenvalue weighted by Crippen LogP contribution is 2.21. The summed E-state index contributed by atoms with van der Waals surface area (Å²) in [5, 5.41) is 2.70. The van der Waals surface area contributed by atoms with E-state index in [-0.39, 0.29) is 18.0 Å². The van der Waals surface area contributed by atoms with Crippen LogP contribution in [0.4, 0.5) is 5.69 Å². The number of nitrogens with zero attached hydrogens (tertiary/aromatic N) is 1. The van der Waals surface area contributed by atoms with Gasteiger partial charge >= 0.3 is 0 Å². The van der Waals surface area contributed by atoms with E-state index in [1.807, 2.05) is 13.0 Å². The molecule has 140 valence electrons. The van der Waals surface area contributed by atoms with E-state index in [9.17, 15) is 13.2 Å². The van der Waals surface area contributed by atoms with E-state index in [2.05, 4.69) is 5.32 Å². The molecule has 0 unspecified atom stereocenters. The third-order valence-electron chi connectivity index (χ3n) is 3.97. The van der Waals surface area contributed by atoms with Gasteiger partial charge in [0.2, 0.25) is 15.9 Å². The summed E-state index contributed by atoms with van der Waals surface area (Å²) in [6.07, 6.45) is 0. The zero-order valence-electron chi connectivity index (χ0n) is 15.4. The highest BCUT2D eigenvalue weighted by molar-refractivity contribution is 7.89. The van der Waals surface area contributed by atoms with Crippen molar-refractivity contribution < 1.29 is 17.9 Å². The van der Waals surface area contributed by atoms with Gasteiger partial charge in [0.1, 0.15) is 5.75 Å². The Morgan fingerprint density at radius 1 is 1.15 bits per heavy atom. The van der Waals surface area contributed by atoms with Crippen LogP contribution in [0.5, 0.6) is 5.75 Å². The second kappa shape index (κ2) is 8.33. The monoisotopic (exact) mass is 376 g/mol. The number of amides is 1. The second-order valence-corrected chi connectivity index (χ2v) is 7.89. The lowest BCUT2D eigenvalue weighted by molar-refractivity contribution is -0.116. The van der Waals surface area contributed by atoms with Gasteiger partial charge in [-0.15, -0.1) is 0 Å². The number of benzene rings is 2. The molecule has 0 saturated heterocycles. The first kappa shape index (κ1) is 19.9. The third kappa shape index (κ3) is 4.62. The summed E-state index contributed by atoms with van der Waals surface area (Å²) < 4.78 is 32.1. The van der Waals surface area contributed by atoms with Crippen molar-refractivity contribution in [3.05, 3.63) is 53.6 Å². The molecule has 0 aromatic heterocycles. The molecule has 0 bridgehead atoms. The van der Waals surface area contributed by atoms with Gasteiger partial charge in [-0.1, -0.05) is 30.7 Å². The molecule has 0 spiro atoms. The molecule has 26 heavy (non-hydrogen) atoms. The van der Waals surface area contributed by atoms with Crippen molar-refractivity contribution in [2.24, 2.45) is 0 Å². The average molecular weight is 376 g/mol. The Labute approximate surface area is 154 Å². The molecule has 2 rings (SSSR count). The standard InChI is InChI=1S/C19H24N2O4S/c1-5-21(26(23,24)18-10-9-14(2)11-15(18)3)13-19(22)20-16-7-6-8-17(12-16)25-4/h6-12H,5,13H2,1-4H3,(H,20,22). The zero-order valence-corrected chi connectivity index (χ0v) is 16.3. The van der Waals surface area contributed by atoms with Gasteiger partial charge in [-0.25, -0.2) is 8.42 Å². The second-order valence-electron chi connectivity index (χ2n) is 5.98. The summed E-state index contributed by atoms with van der Waals surface area (Å²) in [6, 6.07) is 12.1. The Morgan fingerprint density at radius 2 is 1.88 bits per heavy atom.